The molecule has 0 amide bonds. The van der Waals surface area contributed by atoms with Gasteiger partial charge in [-0.25, -0.2) is 0 Å². The molecule has 0 aliphatic rings. The van der Waals surface area contributed by atoms with E-state index in [1.807, 2.05) is 19.2 Å². The average molecular weight is 277 g/mol. The van der Waals surface area contributed by atoms with Crippen molar-refractivity contribution in [2.24, 2.45) is 0 Å². The number of ether oxygens (including phenoxy) is 2. The molecule has 0 saturated heterocycles. The first-order chi connectivity index (χ1) is 9.19. The van der Waals surface area contributed by atoms with E-state index in [2.05, 4.69) is 23.7 Å². The van der Waals surface area contributed by atoms with Gasteiger partial charge in [-0.1, -0.05) is 0 Å². The molecule has 2 rings (SSSR count). The zero-order valence-corrected chi connectivity index (χ0v) is 12.6. The largest absolute Gasteiger partial charge is 0.493 e. The monoisotopic (exact) mass is 277 g/mol. The fourth-order valence-electron chi connectivity index (χ4n) is 2.11. The number of rotatable bonds is 5. The van der Waals surface area contributed by atoms with Crippen molar-refractivity contribution in [1.29, 1.82) is 0 Å². The fourth-order valence-corrected chi connectivity index (χ4v) is 2.81. The molecule has 0 aliphatic heterocycles. The standard InChI is InChI=1S/C15H19NO2S/c1-10-5-12(9-19-10)13-7-15(18-4)14(17-3)6-11(13)8-16-2/h5-7,9,16H,8H2,1-4H3. The van der Waals surface area contributed by atoms with Gasteiger partial charge in [0.2, 0.25) is 0 Å². The second kappa shape index (κ2) is 6.08. The Bertz CT molecular complexity index is 563. The lowest BCUT2D eigenvalue weighted by atomic mass is 10.0. The second-order valence-electron chi connectivity index (χ2n) is 4.34. The second-order valence-corrected chi connectivity index (χ2v) is 5.46. The molecule has 0 spiro atoms. The highest BCUT2D eigenvalue weighted by Crippen LogP contribution is 2.37. The van der Waals surface area contributed by atoms with Gasteiger partial charge in [0.1, 0.15) is 0 Å². The van der Waals surface area contributed by atoms with Crippen molar-refractivity contribution in [3.05, 3.63) is 34.0 Å². The van der Waals surface area contributed by atoms with Crippen LogP contribution in [-0.4, -0.2) is 21.3 Å². The first-order valence-corrected chi connectivity index (χ1v) is 7.02. The molecule has 0 atom stereocenters. The Morgan fingerprint density at radius 3 is 2.32 bits per heavy atom. The van der Waals surface area contributed by atoms with Gasteiger partial charge in [0.05, 0.1) is 14.2 Å². The van der Waals surface area contributed by atoms with Crippen molar-refractivity contribution in [2.45, 2.75) is 13.5 Å². The molecule has 0 radical (unpaired) electrons. The fraction of sp³-hybridized carbons (Fsp3) is 0.333. The lowest BCUT2D eigenvalue weighted by Gasteiger charge is -2.14. The van der Waals surface area contributed by atoms with Gasteiger partial charge in [0, 0.05) is 11.4 Å². The first kappa shape index (κ1) is 13.9. The van der Waals surface area contributed by atoms with Gasteiger partial charge in [-0.2, -0.15) is 0 Å². The normalized spacial score (nSPS) is 10.5. The van der Waals surface area contributed by atoms with E-state index in [1.165, 1.54) is 21.6 Å². The molecule has 0 unspecified atom stereocenters. The Morgan fingerprint density at radius 2 is 1.79 bits per heavy atom. The molecule has 1 aromatic carbocycles. The molecule has 102 valence electrons. The van der Waals surface area contributed by atoms with Crippen molar-refractivity contribution in [3.8, 4) is 22.6 Å². The summed E-state index contributed by atoms with van der Waals surface area (Å²) in [6.07, 6.45) is 0. The summed E-state index contributed by atoms with van der Waals surface area (Å²) < 4.78 is 10.8. The van der Waals surface area contributed by atoms with E-state index in [0.29, 0.717) is 0 Å². The van der Waals surface area contributed by atoms with Crippen molar-refractivity contribution in [1.82, 2.24) is 5.32 Å². The highest BCUT2D eigenvalue weighted by atomic mass is 32.1. The number of hydrogen-bond donors (Lipinski definition) is 1. The van der Waals surface area contributed by atoms with Gasteiger partial charge in [0.15, 0.2) is 11.5 Å². The third-order valence-electron chi connectivity index (χ3n) is 3.02. The van der Waals surface area contributed by atoms with Crippen molar-refractivity contribution in [2.75, 3.05) is 21.3 Å². The van der Waals surface area contributed by atoms with Crippen molar-refractivity contribution in [3.63, 3.8) is 0 Å². The minimum atomic E-state index is 0.765. The maximum absolute atomic E-state index is 5.40. The highest BCUT2D eigenvalue weighted by molar-refractivity contribution is 7.10. The Morgan fingerprint density at radius 1 is 1.11 bits per heavy atom. The van der Waals surface area contributed by atoms with Gasteiger partial charge in [-0.3, -0.25) is 0 Å². The van der Waals surface area contributed by atoms with Crippen LogP contribution in [0.5, 0.6) is 11.5 Å². The maximum atomic E-state index is 5.40. The van der Waals surface area contributed by atoms with Crippen molar-refractivity contribution < 1.29 is 9.47 Å². The molecule has 1 aromatic heterocycles. The molecule has 4 heteroatoms. The summed E-state index contributed by atoms with van der Waals surface area (Å²) in [7, 11) is 5.27. The highest BCUT2D eigenvalue weighted by Gasteiger charge is 2.13. The molecule has 0 saturated carbocycles. The predicted molar refractivity (Wildman–Crippen MR) is 80.4 cm³/mol. The molecule has 0 aliphatic carbocycles. The topological polar surface area (TPSA) is 30.5 Å². The summed E-state index contributed by atoms with van der Waals surface area (Å²) in [4.78, 5) is 1.31. The molecule has 0 bridgehead atoms. The zero-order chi connectivity index (χ0) is 13.8. The Hall–Kier alpha value is -1.52. The first-order valence-electron chi connectivity index (χ1n) is 6.14. The minimum absolute atomic E-state index is 0.765. The van der Waals surface area contributed by atoms with Crippen LogP contribution in [0.15, 0.2) is 23.6 Å². The van der Waals surface area contributed by atoms with Gasteiger partial charge >= 0.3 is 0 Å². The van der Waals surface area contributed by atoms with Crippen LogP contribution in [0, 0.1) is 6.92 Å². The van der Waals surface area contributed by atoms with Crippen LogP contribution < -0.4 is 14.8 Å². The van der Waals surface area contributed by atoms with Gasteiger partial charge in [-0.05, 0) is 54.2 Å². The minimum Gasteiger partial charge on any atom is -0.493 e. The van der Waals surface area contributed by atoms with Gasteiger partial charge in [-0.15, -0.1) is 11.3 Å². The van der Waals surface area contributed by atoms with E-state index in [9.17, 15) is 0 Å². The number of nitrogens with one attached hydrogen (secondary N) is 1. The van der Waals surface area contributed by atoms with E-state index in [-0.39, 0.29) is 0 Å². The summed E-state index contributed by atoms with van der Waals surface area (Å²) in [5.74, 6) is 1.53. The van der Waals surface area contributed by atoms with Gasteiger partial charge < -0.3 is 14.8 Å². The smallest absolute Gasteiger partial charge is 0.161 e. The summed E-state index contributed by atoms with van der Waals surface area (Å²) >= 11 is 1.76. The van der Waals surface area contributed by atoms with Crippen LogP contribution in [0.2, 0.25) is 0 Å². The van der Waals surface area contributed by atoms with E-state index in [4.69, 9.17) is 9.47 Å². The zero-order valence-electron chi connectivity index (χ0n) is 11.7. The molecule has 1 heterocycles. The number of methoxy groups -OCH3 is 2. The van der Waals surface area contributed by atoms with Crippen LogP contribution in [0.4, 0.5) is 0 Å². The van der Waals surface area contributed by atoms with E-state index in [1.54, 1.807) is 25.6 Å². The number of hydrogen-bond acceptors (Lipinski definition) is 4. The Balaban J connectivity index is 2.56. The summed E-state index contributed by atoms with van der Waals surface area (Å²) in [6.45, 7) is 2.91. The Kier molecular flexibility index (Phi) is 4.45. The summed E-state index contributed by atoms with van der Waals surface area (Å²) in [5, 5.41) is 5.37. The van der Waals surface area contributed by atoms with E-state index >= 15 is 0 Å². The number of thiophene rings is 1. The maximum Gasteiger partial charge on any atom is 0.161 e. The summed E-state index contributed by atoms with van der Waals surface area (Å²) in [6, 6.07) is 6.29. The molecular weight excluding hydrogens is 258 g/mol. The molecule has 19 heavy (non-hydrogen) atoms. The van der Waals surface area contributed by atoms with Crippen LogP contribution in [0.1, 0.15) is 10.4 Å². The third-order valence-corrected chi connectivity index (χ3v) is 3.88. The van der Waals surface area contributed by atoms with Crippen LogP contribution >= 0.6 is 11.3 Å². The quantitative estimate of drug-likeness (QED) is 0.908. The van der Waals surface area contributed by atoms with E-state index in [0.717, 1.165) is 18.0 Å². The van der Waals surface area contributed by atoms with E-state index < -0.39 is 0 Å². The number of benzene rings is 1. The molecular formula is C15H19NO2S. The molecule has 3 nitrogen and oxygen atoms in total. The summed E-state index contributed by atoms with van der Waals surface area (Å²) in [5.41, 5.74) is 3.63. The Labute approximate surface area is 118 Å². The third kappa shape index (κ3) is 2.91. The van der Waals surface area contributed by atoms with Crippen LogP contribution in [0.3, 0.4) is 0 Å². The predicted octanol–water partition coefficient (Wildman–Crippen LogP) is 3.46. The SMILES string of the molecule is CNCc1cc(OC)c(OC)cc1-c1csc(C)c1. The van der Waals surface area contributed by atoms with Crippen LogP contribution in [0.25, 0.3) is 11.1 Å². The lowest BCUT2D eigenvalue weighted by molar-refractivity contribution is 0.354. The average Bonchev–Trinajstić information content (AvgIpc) is 2.85. The van der Waals surface area contributed by atoms with Crippen molar-refractivity contribution >= 4 is 11.3 Å². The van der Waals surface area contributed by atoms with Crippen LogP contribution in [-0.2, 0) is 6.54 Å². The molecule has 0 fully saturated rings. The van der Waals surface area contributed by atoms with Gasteiger partial charge in [0.25, 0.3) is 0 Å². The molecule has 2 aromatic rings. The lowest BCUT2D eigenvalue weighted by Crippen LogP contribution is -2.07. The molecule has 1 N–H and O–H groups in total. The number of aryl methyl sites for hydroxylation is 1.